The van der Waals surface area contributed by atoms with Gasteiger partial charge in [-0.25, -0.2) is 0 Å². The summed E-state index contributed by atoms with van der Waals surface area (Å²) in [7, 11) is 1.96. The third kappa shape index (κ3) is 3.21. The zero-order valence-corrected chi connectivity index (χ0v) is 12.4. The van der Waals surface area contributed by atoms with Gasteiger partial charge in [-0.15, -0.1) is 0 Å². The molecule has 2 rings (SSSR count). The number of nitrogens with one attached hydrogen (secondary N) is 1. The molecule has 0 spiro atoms. The van der Waals surface area contributed by atoms with E-state index in [4.69, 9.17) is 11.6 Å². The first-order chi connectivity index (χ1) is 8.20. The fourth-order valence-electron chi connectivity index (χ4n) is 1.87. The second kappa shape index (κ2) is 5.85. The molecule has 0 bridgehead atoms. The topological polar surface area (TPSA) is 12.0 Å². The summed E-state index contributed by atoms with van der Waals surface area (Å²) in [5.41, 5.74) is 2.43. The first kappa shape index (κ1) is 12.9. The van der Waals surface area contributed by atoms with Gasteiger partial charge in [0.15, 0.2) is 0 Å². The number of halogens is 2. The molecule has 0 aliphatic carbocycles. The fourth-order valence-corrected chi connectivity index (χ4v) is 2.43. The third-order valence-corrected chi connectivity index (χ3v) is 3.63. The van der Waals surface area contributed by atoms with Gasteiger partial charge in [-0.05, 0) is 65.0 Å². The van der Waals surface area contributed by atoms with Gasteiger partial charge in [0.1, 0.15) is 0 Å². The van der Waals surface area contributed by atoms with Crippen molar-refractivity contribution in [3.8, 4) is 0 Å². The Balaban J connectivity index is 2.36. The van der Waals surface area contributed by atoms with E-state index in [-0.39, 0.29) is 6.04 Å². The van der Waals surface area contributed by atoms with Crippen LogP contribution in [0.3, 0.4) is 0 Å². The molecule has 1 unspecified atom stereocenters. The highest BCUT2D eigenvalue weighted by molar-refractivity contribution is 14.1. The van der Waals surface area contributed by atoms with E-state index in [1.54, 1.807) is 0 Å². The number of rotatable bonds is 3. The highest BCUT2D eigenvalue weighted by atomic mass is 127. The molecule has 0 aliphatic rings. The SMILES string of the molecule is CNC(c1ccc(I)cc1)c1cccc(Cl)c1. The van der Waals surface area contributed by atoms with Gasteiger partial charge in [0, 0.05) is 8.59 Å². The van der Waals surface area contributed by atoms with Gasteiger partial charge in [-0.1, -0.05) is 35.9 Å². The van der Waals surface area contributed by atoms with E-state index in [2.05, 4.69) is 58.2 Å². The van der Waals surface area contributed by atoms with Crippen LogP contribution in [0.25, 0.3) is 0 Å². The van der Waals surface area contributed by atoms with Crippen molar-refractivity contribution in [1.82, 2.24) is 5.32 Å². The molecule has 0 amide bonds. The highest BCUT2D eigenvalue weighted by Crippen LogP contribution is 2.24. The molecular formula is C14H13ClIN. The van der Waals surface area contributed by atoms with Gasteiger partial charge in [-0.3, -0.25) is 0 Å². The normalized spacial score (nSPS) is 12.4. The molecule has 0 radical (unpaired) electrons. The van der Waals surface area contributed by atoms with Gasteiger partial charge < -0.3 is 5.32 Å². The lowest BCUT2D eigenvalue weighted by atomic mass is 9.99. The summed E-state index contributed by atoms with van der Waals surface area (Å²) in [6.07, 6.45) is 0. The molecule has 88 valence electrons. The van der Waals surface area contributed by atoms with E-state index in [9.17, 15) is 0 Å². The average molecular weight is 358 g/mol. The minimum absolute atomic E-state index is 0.186. The molecule has 0 heterocycles. The minimum atomic E-state index is 0.186. The van der Waals surface area contributed by atoms with Crippen LogP contribution >= 0.6 is 34.2 Å². The summed E-state index contributed by atoms with van der Waals surface area (Å²) in [5, 5.41) is 4.09. The van der Waals surface area contributed by atoms with Crippen LogP contribution in [0.2, 0.25) is 5.02 Å². The molecular weight excluding hydrogens is 345 g/mol. The van der Waals surface area contributed by atoms with E-state index >= 15 is 0 Å². The molecule has 1 atom stereocenters. The van der Waals surface area contributed by atoms with Gasteiger partial charge in [0.2, 0.25) is 0 Å². The summed E-state index contributed by atoms with van der Waals surface area (Å²) in [4.78, 5) is 0. The Labute approximate surface area is 120 Å². The van der Waals surface area contributed by atoms with Crippen LogP contribution in [0.5, 0.6) is 0 Å². The van der Waals surface area contributed by atoms with Crippen molar-refractivity contribution in [1.29, 1.82) is 0 Å². The van der Waals surface area contributed by atoms with Crippen LogP contribution in [0.1, 0.15) is 17.2 Å². The zero-order chi connectivity index (χ0) is 12.3. The summed E-state index contributed by atoms with van der Waals surface area (Å²) in [6.45, 7) is 0. The maximum Gasteiger partial charge on any atom is 0.0574 e. The van der Waals surface area contributed by atoms with E-state index in [1.165, 1.54) is 14.7 Å². The van der Waals surface area contributed by atoms with Gasteiger partial charge in [0.25, 0.3) is 0 Å². The molecule has 2 aromatic carbocycles. The van der Waals surface area contributed by atoms with Crippen molar-refractivity contribution >= 4 is 34.2 Å². The minimum Gasteiger partial charge on any atom is -0.309 e. The number of hydrogen-bond donors (Lipinski definition) is 1. The summed E-state index contributed by atoms with van der Waals surface area (Å²) in [6, 6.07) is 16.7. The predicted molar refractivity (Wildman–Crippen MR) is 81.5 cm³/mol. The van der Waals surface area contributed by atoms with Crippen molar-refractivity contribution < 1.29 is 0 Å². The van der Waals surface area contributed by atoms with Gasteiger partial charge in [-0.2, -0.15) is 0 Å². The molecule has 3 heteroatoms. The van der Waals surface area contributed by atoms with Crippen LogP contribution in [-0.4, -0.2) is 7.05 Å². The molecule has 0 saturated heterocycles. The highest BCUT2D eigenvalue weighted by Gasteiger charge is 2.11. The molecule has 0 aliphatic heterocycles. The zero-order valence-electron chi connectivity index (χ0n) is 9.45. The van der Waals surface area contributed by atoms with Gasteiger partial charge >= 0.3 is 0 Å². The van der Waals surface area contributed by atoms with Crippen LogP contribution in [-0.2, 0) is 0 Å². The molecule has 0 saturated carbocycles. The lowest BCUT2D eigenvalue weighted by Crippen LogP contribution is -2.17. The number of benzene rings is 2. The third-order valence-electron chi connectivity index (χ3n) is 2.67. The standard InChI is InChI=1S/C14H13ClIN/c1-17-14(10-5-7-13(16)8-6-10)11-3-2-4-12(15)9-11/h2-9,14,17H,1H3. The Bertz CT molecular complexity index is 496. The monoisotopic (exact) mass is 357 g/mol. The molecule has 1 N–H and O–H groups in total. The molecule has 1 nitrogen and oxygen atoms in total. The van der Waals surface area contributed by atoms with E-state index in [0.29, 0.717) is 0 Å². The first-order valence-corrected chi connectivity index (χ1v) is 6.84. The molecule has 17 heavy (non-hydrogen) atoms. The second-order valence-electron chi connectivity index (χ2n) is 3.83. The Hall–Kier alpha value is -0.580. The van der Waals surface area contributed by atoms with Crippen LogP contribution in [0, 0.1) is 3.57 Å². The van der Waals surface area contributed by atoms with E-state index in [1.807, 2.05) is 25.2 Å². The molecule has 0 aromatic heterocycles. The second-order valence-corrected chi connectivity index (χ2v) is 5.51. The van der Waals surface area contributed by atoms with Crippen molar-refractivity contribution in [2.75, 3.05) is 7.05 Å². The van der Waals surface area contributed by atoms with Crippen molar-refractivity contribution in [2.24, 2.45) is 0 Å². The smallest absolute Gasteiger partial charge is 0.0574 e. The van der Waals surface area contributed by atoms with E-state index in [0.717, 1.165) is 5.02 Å². The summed E-state index contributed by atoms with van der Waals surface area (Å²) in [5.74, 6) is 0. The average Bonchev–Trinajstić information content (AvgIpc) is 2.33. The van der Waals surface area contributed by atoms with Gasteiger partial charge in [0.05, 0.1) is 6.04 Å². The van der Waals surface area contributed by atoms with E-state index < -0.39 is 0 Å². The van der Waals surface area contributed by atoms with Crippen molar-refractivity contribution in [2.45, 2.75) is 6.04 Å². The summed E-state index contributed by atoms with van der Waals surface area (Å²) >= 11 is 8.34. The largest absolute Gasteiger partial charge is 0.309 e. The lowest BCUT2D eigenvalue weighted by Gasteiger charge is -2.17. The first-order valence-electron chi connectivity index (χ1n) is 5.39. The fraction of sp³-hybridized carbons (Fsp3) is 0.143. The maximum absolute atomic E-state index is 6.03. The van der Waals surface area contributed by atoms with Crippen molar-refractivity contribution in [3.05, 3.63) is 68.3 Å². The molecule has 0 fully saturated rings. The Morgan fingerprint density at radius 2 is 1.76 bits per heavy atom. The van der Waals surface area contributed by atoms with Crippen molar-refractivity contribution in [3.63, 3.8) is 0 Å². The lowest BCUT2D eigenvalue weighted by molar-refractivity contribution is 0.692. The summed E-state index contributed by atoms with van der Waals surface area (Å²) < 4.78 is 1.24. The van der Waals surface area contributed by atoms with Crippen LogP contribution in [0.4, 0.5) is 0 Å². The molecule has 2 aromatic rings. The Kier molecular flexibility index (Phi) is 4.42. The maximum atomic E-state index is 6.03. The predicted octanol–water partition coefficient (Wildman–Crippen LogP) is 4.25. The Morgan fingerprint density at radius 3 is 2.35 bits per heavy atom. The van der Waals surface area contributed by atoms with Crippen LogP contribution < -0.4 is 5.32 Å². The van der Waals surface area contributed by atoms with Crippen LogP contribution in [0.15, 0.2) is 48.5 Å². The number of hydrogen-bond acceptors (Lipinski definition) is 1. The quantitative estimate of drug-likeness (QED) is 0.810. The Morgan fingerprint density at radius 1 is 1.06 bits per heavy atom.